The molecule has 1 aliphatic rings. The predicted octanol–water partition coefficient (Wildman–Crippen LogP) is 2.54. The summed E-state index contributed by atoms with van der Waals surface area (Å²) >= 11 is 0. The van der Waals surface area contributed by atoms with Crippen LogP contribution in [0.15, 0.2) is 48.7 Å². The van der Waals surface area contributed by atoms with Crippen molar-refractivity contribution in [3.63, 3.8) is 0 Å². The molecule has 0 spiro atoms. The largest absolute Gasteiger partial charge is 0.330 e. The molecular weight excluding hydrogens is 300 g/mol. The molecule has 4 rings (SSSR count). The van der Waals surface area contributed by atoms with Crippen molar-refractivity contribution in [1.29, 1.82) is 0 Å². The zero-order valence-corrected chi connectivity index (χ0v) is 13.6. The van der Waals surface area contributed by atoms with Gasteiger partial charge in [0.15, 0.2) is 0 Å². The maximum Gasteiger partial charge on any atom is 0.240 e. The molecule has 2 heterocycles. The second-order valence-corrected chi connectivity index (χ2v) is 6.40. The number of fused-ring (bicyclic) bond motifs is 3. The van der Waals surface area contributed by atoms with Crippen molar-refractivity contribution in [2.24, 2.45) is 5.73 Å². The van der Waals surface area contributed by atoms with Crippen LogP contribution in [0, 0.1) is 0 Å². The zero-order valence-electron chi connectivity index (χ0n) is 13.6. The molecule has 0 fully saturated rings. The van der Waals surface area contributed by atoms with E-state index >= 15 is 0 Å². The normalized spacial score (nSPS) is 19.2. The van der Waals surface area contributed by atoms with Gasteiger partial charge in [-0.05, 0) is 36.1 Å². The Bertz CT molecular complexity index is 887. The van der Waals surface area contributed by atoms with Crippen LogP contribution in [0.25, 0.3) is 10.9 Å². The quantitative estimate of drug-likeness (QED) is 0.762. The average Bonchev–Trinajstić information content (AvgIpc) is 3.04. The van der Waals surface area contributed by atoms with Crippen LogP contribution in [0.5, 0.6) is 0 Å². The van der Waals surface area contributed by atoms with Gasteiger partial charge in [0.2, 0.25) is 5.91 Å². The second-order valence-electron chi connectivity index (χ2n) is 6.40. The molecule has 3 N–H and O–H groups in total. The Balaban J connectivity index is 1.80. The summed E-state index contributed by atoms with van der Waals surface area (Å²) in [5.41, 5.74) is 10.6. The number of nitrogens with two attached hydrogens (primary N) is 1. The average molecular weight is 320 g/mol. The molecule has 1 aliphatic heterocycles. The van der Waals surface area contributed by atoms with Gasteiger partial charge >= 0.3 is 0 Å². The second kappa shape index (κ2) is 5.76. The fourth-order valence-corrected chi connectivity index (χ4v) is 3.52. The number of rotatable bonds is 2. The SMILES string of the molecule is C[C@H](c1ccccc1)N1Cc2c(ccc3[nH]ncc23)CC(N)C1=O. The third-order valence-corrected chi connectivity index (χ3v) is 4.95. The molecule has 24 heavy (non-hydrogen) atoms. The number of carbonyl (C=O) groups is 1. The van der Waals surface area contributed by atoms with Crippen molar-refractivity contribution in [1.82, 2.24) is 15.1 Å². The molecule has 2 atom stereocenters. The van der Waals surface area contributed by atoms with E-state index in [4.69, 9.17) is 5.73 Å². The van der Waals surface area contributed by atoms with E-state index in [0.717, 1.165) is 27.6 Å². The Morgan fingerprint density at radius 2 is 2.04 bits per heavy atom. The number of nitrogens with one attached hydrogen (secondary N) is 1. The van der Waals surface area contributed by atoms with E-state index in [-0.39, 0.29) is 11.9 Å². The lowest BCUT2D eigenvalue weighted by Crippen LogP contribution is -2.43. The summed E-state index contributed by atoms with van der Waals surface area (Å²) in [7, 11) is 0. The van der Waals surface area contributed by atoms with Crippen LogP contribution >= 0.6 is 0 Å². The van der Waals surface area contributed by atoms with Crippen molar-refractivity contribution in [2.45, 2.75) is 32.0 Å². The molecule has 5 heteroatoms. The van der Waals surface area contributed by atoms with Crippen molar-refractivity contribution in [2.75, 3.05) is 0 Å². The number of hydrogen-bond donors (Lipinski definition) is 2. The van der Waals surface area contributed by atoms with E-state index in [0.29, 0.717) is 13.0 Å². The Labute approximate surface area is 140 Å². The summed E-state index contributed by atoms with van der Waals surface area (Å²) in [6.07, 6.45) is 2.40. The van der Waals surface area contributed by atoms with Crippen molar-refractivity contribution < 1.29 is 4.79 Å². The summed E-state index contributed by atoms with van der Waals surface area (Å²) in [5, 5.41) is 8.22. The summed E-state index contributed by atoms with van der Waals surface area (Å²) < 4.78 is 0. The van der Waals surface area contributed by atoms with E-state index in [1.165, 1.54) is 0 Å². The van der Waals surface area contributed by atoms with Gasteiger partial charge in [-0.25, -0.2) is 0 Å². The monoisotopic (exact) mass is 320 g/mol. The van der Waals surface area contributed by atoms with Crippen LogP contribution in [0.3, 0.4) is 0 Å². The lowest BCUT2D eigenvalue weighted by Gasteiger charge is -2.30. The van der Waals surface area contributed by atoms with Gasteiger partial charge in [0.25, 0.3) is 0 Å². The molecule has 1 aromatic heterocycles. The first-order valence-corrected chi connectivity index (χ1v) is 8.20. The Hall–Kier alpha value is -2.66. The van der Waals surface area contributed by atoms with Gasteiger partial charge in [-0.2, -0.15) is 5.10 Å². The van der Waals surface area contributed by atoms with Gasteiger partial charge in [0.05, 0.1) is 23.8 Å². The smallest absolute Gasteiger partial charge is 0.240 e. The third kappa shape index (κ3) is 2.37. The molecule has 0 saturated carbocycles. The highest BCUT2D eigenvalue weighted by atomic mass is 16.2. The standard InChI is InChI=1S/C19H20N4O/c1-12(13-5-3-2-4-6-13)23-11-16-14(9-17(20)19(23)24)7-8-18-15(16)10-21-22-18/h2-8,10,12,17H,9,11,20H2,1H3,(H,21,22)/t12-,17?/m1/s1. The number of aromatic nitrogens is 2. The summed E-state index contributed by atoms with van der Waals surface area (Å²) in [5.74, 6) is -0.000743. The molecular formula is C19H20N4O. The molecule has 1 amide bonds. The van der Waals surface area contributed by atoms with Gasteiger partial charge in [0.1, 0.15) is 0 Å². The van der Waals surface area contributed by atoms with Crippen molar-refractivity contribution in [3.05, 3.63) is 65.4 Å². The minimum Gasteiger partial charge on any atom is -0.330 e. The van der Waals surface area contributed by atoms with Crippen molar-refractivity contribution in [3.8, 4) is 0 Å². The highest BCUT2D eigenvalue weighted by Crippen LogP contribution is 2.31. The molecule has 0 aliphatic carbocycles. The minimum atomic E-state index is -0.512. The molecule has 5 nitrogen and oxygen atoms in total. The minimum absolute atomic E-state index is 0.000743. The number of carbonyl (C=O) groups excluding carboxylic acids is 1. The lowest BCUT2D eigenvalue weighted by atomic mass is 9.99. The van der Waals surface area contributed by atoms with Crippen LogP contribution in [0.2, 0.25) is 0 Å². The van der Waals surface area contributed by atoms with E-state index in [9.17, 15) is 4.79 Å². The summed E-state index contributed by atoms with van der Waals surface area (Å²) in [6.45, 7) is 2.61. The number of nitrogens with zero attached hydrogens (tertiary/aromatic N) is 2. The van der Waals surface area contributed by atoms with E-state index < -0.39 is 6.04 Å². The summed E-state index contributed by atoms with van der Waals surface area (Å²) in [4.78, 5) is 14.8. The lowest BCUT2D eigenvalue weighted by molar-refractivity contribution is -0.135. The van der Waals surface area contributed by atoms with Crippen LogP contribution < -0.4 is 5.73 Å². The molecule has 0 radical (unpaired) electrons. The molecule has 1 unspecified atom stereocenters. The van der Waals surface area contributed by atoms with Crippen LogP contribution in [-0.4, -0.2) is 27.0 Å². The number of H-pyrrole nitrogens is 1. The third-order valence-electron chi connectivity index (χ3n) is 4.95. The number of aromatic amines is 1. The molecule has 122 valence electrons. The van der Waals surface area contributed by atoms with Crippen LogP contribution in [0.1, 0.15) is 29.7 Å². The highest BCUT2D eigenvalue weighted by molar-refractivity contribution is 5.87. The van der Waals surface area contributed by atoms with E-state index in [1.54, 1.807) is 0 Å². The van der Waals surface area contributed by atoms with Gasteiger partial charge < -0.3 is 10.6 Å². The Morgan fingerprint density at radius 1 is 1.25 bits per heavy atom. The maximum absolute atomic E-state index is 12.9. The van der Waals surface area contributed by atoms with E-state index in [1.807, 2.05) is 47.5 Å². The van der Waals surface area contributed by atoms with Crippen molar-refractivity contribution >= 4 is 16.8 Å². The first-order valence-electron chi connectivity index (χ1n) is 8.20. The van der Waals surface area contributed by atoms with Gasteiger partial charge in [-0.15, -0.1) is 0 Å². The molecule has 3 aromatic rings. The van der Waals surface area contributed by atoms with Gasteiger partial charge in [0, 0.05) is 11.9 Å². The van der Waals surface area contributed by atoms with Gasteiger partial charge in [-0.3, -0.25) is 9.89 Å². The maximum atomic E-state index is 12.9. The van der Waals surface area contributed by atoms with Crippen LogP contribution in [-0.2, 0) is 17.8 Å². The first kappa shape index (κ1) is 14.9. The number of hydrogen-bond acceptors (Lipinski definition) is 3. The summed E-state index contributed by atoms with van der Waals surface area (Å²) in [6, 6.07) is 13.6. The van der Waals surface area contributed by atoms with Crippen LogP contribution in [0.4, 0.5) is 0 Å². The Morgan fingerprint density at radius 3 is 2.83 bits per heavy atom. The number of benzene rings is 2. The van der Waals surface area contributed by atoms with Gasteiger partial charge in [-0.1, -0.05) is 36.4 Å². The first-order chi connectivity index (χ1) is 11.6. The fourth-order valence-electron chi connectivity index (χ4n) is 3.52. The topological polar surface area (TPSA) is 75.0 Å². The number of amides is 1. The molecule has 2 aromatic carbocycles. The zero-order chi connectivity index (χ0) is 16.7. The van der Waals surface area contributed by atoms with E-state index in [2.05, 4.69) is 23.2 Å². The molecule has 0 bridgehead atoms. The predicted molar refractivity (Wildman–Crippen MR) is 93.2 cm³/mol. The fraction of sp³-hybridized carbons (Fsp3) is 0.263. The highest BCUT2D eigenvalue weighted by Gasteiger charge is 2.31. The Kier molecular flexibility index (Phi) is 3.58. The molecule has 0 saturated heterocycles.